The zero-order chi connectivity index (χ0) is 14.2. The molecule has 0 saturated heterocycles. The van der Waals surface area contributed by atoms with Gasteiger partial charge in [-0.05, 0) is 41.4 Å². The van der Waals surface area contributed by atoms with E-state index in [-0.39, 0.29) is 0 Å². The van der Waals surface area contributed by atoms with Crippen LogP contribution in [0, 0.1) is 13.8 Å². The number of halogens is 1. The number of aromatic nitrogens is 2. The Kier molecular flexibility index (Phi) is 3.85. The molecule has 1 aromatic heterocycles. The summed E-state index contributed by atoms with van der Waals surface area (Å²) in [6.45, 7) is 4.00. The maximum Gasteiger partial charge on any atom is 0.132 e. The molecule has 5 heteroatoms. The molecule has 0 amide bonds. The van der Waals surface area contributed by atoms with Crippen LogP contribution < -0.4 is 9.47 Å². The lowest BCUT2D eigenvalue weighted by atomic mass is 10.0. The summed E-state index contributed by atoms with van der Waals surface area (Å²) in [5, 5.41) is 0. The van der Waals surface area contributed by atoms with Crippen molar-refractivity contribution in [2.75, 3.05) is 14.2 Å². The number of benzene rings is 1. The number of hydrogen-bond acceptors (Lipinski definition) is 3. The molecule has 0 aliphatic carbocycles. The highest BCUT2D eigenvalue weighted by atomic mass is 79.9. The summed E-state index contributed by atoms with van der Waals surface area (Å²) in [6, 6.07) is 3.85. The summed E-state index contributed by atoms with van der Waals surface area (Å²) in [5.41, 5.74) is 2.94. The van der Waals surface area contributed by atoms with Crippen LogP contribution in [0.25, 0.3) is 11.3 Å². The Morgan fingerprint density at radius 1 is 1.16 bits per heavy atom. The zero-order valence-electron chi connectivity index (χ0n) is 11.7. The SMILES string of the molecule is COc1cc(C)c(-c2nc(C)n(C)c2Br)c(OC)c1. The molecule has 2 rings (SSSR count). The van der Waals surface area contributed by atoms with Crippen molar-refractivity contribution >= 4 is 15.9 Å². The Hall–Kier alpha value is -1.49. The molecule has 4 nitrogen and oxygen atoms in total. The van der Waals surface area contributed by atoms with Crippen LogP contribution in [0.3, 0.4) is 0 Å². The van der Waals surface area contributed by atoms with Crippen molar-refractivity contribution in [2.24, 2.45) is 7.05 Å². The van der Waals surface area contributed by atoms with Gasteiger partial charge in [0.05, 0.1) is 14.2 Å². The van der Waals surface area contributed by atoms with Crippen molar-refractivity contribution in [1.29, 1.82) is 0 Å². The van der Waals surface area contributed by atoms with E-state index in [4.69, 9.17) is 9.47 Å². The van der Waals surface area contributed by atoms with Crippen molar-refractivity contribution in [3.8, 4) is 22.8 Å². The van der Waals surface area contributed by atoms with Gasteiger partial charge in [-0.25, -0.2) is 4.98 Å². The number of hydrogen-bond donors (Lipinski definition) is 0. The average Bonchev–Trinajstić information content (AvgIpc) is 2.65. The van der Waals surface area contributed by atoms with Crippen LogP contribution in [0.5, 0.6) is 11.5 Å². The number of rotatable bonds is 3. The minimum absolute atomic E-state index is 0.760. The van der Waals surface area contributed by atoms with Gasteiger partial charge in [-0.2, -0.15) is 0 Å². The van der Waals surface area contributed by atoms with Crippen LogP contribution >= 0.6 is 15.9 Å². The lowest BCUT2D eigenvalue weighted by Crippen LogP contribution is -1.95. The number of methoxy groups -OCH3 is 2. The van der Waals surface area contributed by atoms with Gasteiger partial charge in [0.2, 0.25) is 0 Å². The molecule has 102 valence electrons. The summed E-state index contributed by atoms with van der Waals surface area (Å²) < 4.78 is 13.7. The third-order valence-corrected chi connectivity index (χ3v) is 4.12. The molecule has 0 fully saturated rings. The molecule has 0 aliphatic heterocycles. The highest BCUT2D eigenvalue weighted by molar-refractivity contribution is 9.10. The second-order valence-electron chi connectivity index (χ2n) is 4.38. The summed E-state index contributed by atoms with van der Waals surface area (Å²) in [7, 11) is 5.28. The Labute approximate surface area is 121 Å². The van der Waals surface area contributed by atoms with E-state index in [9.17, 15) is 0 Å². The molecule has 19 heavy (non-hydrogen) atoms. The lowest BCUT2D eigenvalue weighted by Gasteiger charge is -2.12. The molecule has 0 radical (unpaired) electrons. The van der Waals surface area contributed by atoms with E-state index in [0.29, 0.717) is 0 Å². The molecular formula is C14H17BrN2O2. The molecule has 1 heterocycles. The largest absolute Gasteiger partial charge is 0.497 e. The van der Waals surface area contributed by atoms with Crippen molar-refractivity contribution in [3.05, 3.63) is 28.1 Å². The Morgan fingerprint density at radius 3 is 2.32 bits per heavy atom. The fraction of sp³-hybridized carbons (Fsp3) is 0.357. The molecule has 2 aromatic rings. The van der Waals surface area contributed by atoms with E-state index in [1.165, 1.54) is 0 Å². The van der Waals surface area contributed by atoms with Gasteiger partial charge in [0.1, 0.15) is 27.6 Å². The summed E-state index contributed by atoms with van der Waals surface area (Å²) in [5.74, 6) is 2.48. The molecule has 0 N–H and O–H groups in total. The van der Waals surface area contributed by atoms with E-state index >= 15 is 0 Å². The maximum atomic E-state index is 5.48. The van der Waals surface area contributed by atoms with Crippen LogP contribution in [-0.2, 0) is 7.05 Å². The summed E-state index contributed by atoms with van der Waals surface area (Å²) >= 11 is 3.58. The van der Waals surface area contributed by atoms with Crippen molar-refractivity contribution < 1.29 is 9.47 Å². The summed E-state index contributed by atoms with van der Waals surface area (Å²) in [4.78, 5) is 4.60. The normalized spacial score (nSPS) is 10.6. The van der Waals surface area contributed by atoms with Crippen molar-refractivity contribution in [2.45, 2.75) is 13.8 Å². The van der Waals surface area contributed by atoms with Gasteiger partial charge in [0, 0.05) is 18.7 Å². The van der Waals surface area contributed by atoms with Gasteiger partial charge in [-0.15, -0.1) is 0 Å². The second-order valence-corrected chi connectivity index (χ2v) is 5.13. The van der Waals surface area contributed by atoms with Crippen LogP contribution in [0.15, 0.2) is 16.7 Å². The molecule has 0 atom stereocenters. The van der Waals surface area contributed by atoms with Crippen LogP contribution in [0.2, 0.25) is 0 Å². The van der Waals surface area contributed by atoms with Crippen LogP contribution in [0.1, 0.15) is 11.4 Å². The first-order chi connectivity index (χ1) is 8.99. The number of aryl methyl sites for hydroxylation is 2. The monoisotopic (exact) mass is 324 g/mol. The molecule has 1 aromatic carbocycles. The fourth-order valence-electron chi connectivity index (χ4n) is 2.05. The van der Waals surface area contributed by atoms with Gasteiger partial charge in [0.25, 0.3) is 0 Å². The van der Waals surface area contributed by atoms with Gasteiger partial charge in [-0.3, -0.25) is 0 Å². The van der Waals surface area contributed by atoms with E-state index in [1.807, 2.05) is 37.6 Å². The van der Waals surface area contributed by atoms with Crippen LogP contribution in [-0.4, -0.2) is 23.8 Å². The predicted octanol–water partition coefficient (Wildman–Crippen LogP) is 3.48. The molecule has 0 saturated carbocycles. The molecular weight excluding hydrogens is 308 g/mol. The third kappa shape index (κ3) is 2.34. The minimum Gasteiger partial charge on any atom is -0.497 e. The van der Waals surface area contributed by atoms with Gasteiger partial charge >= 0.3 is 0 Å². The highest BCUT2D eigenvalue weighted by Crippen LogP contribution is 2.39. The van der Waals surface area contributed by atoms with Crippen molar-refractivity contribution in [3.63, 3.8) is 0 Å². The highest BCUT2D eigenvalue weighted by Gasteiger charge is 2.19. The minimum atomic E-state index is 0.760. The Balaban J connectivity index is 2.70. The molecule has 0 spiro atoms. The second kappa shape index (κ2) is 5.25. The Morgan fingerprint density at radius 2 is 1.84 bits per heavy atom. The molecule has 0 unspecified atom stereocenters. The first kappa shape index (κ1) is 13.9. The van der Waals surface area contributed by atoms with Crippen LogP contribution in [0.4, 0.5) is 0 Å². The average molecular weight is 325 g/mol. The van der Waals surface area contributed by atoms with E-state index in [1.54, 1.807) is 14.2 Å². The van der Waals surface area contributed by atoms with Gasteiger partial charge in [-0.1, -0.05) is 0 Å². The third-order valence-electron chi connectivity index (χ3n) is 3.21. The quantitative estimate of drug-likeness (QED) is 0.867. The molecule has 0 aliphatic rings. The van der Waals surface area contributed by atoms with E-state index in [2.05, 4.69) is 20.9 Å². The lowest BCUT2D eigenvalue weighted by molar-refractivity contribution is 0.395. The fourth-order valence-corrected chi connectivity index (χ4v) is 2.59. The number of nitrogens with zero attached hydrogens (tertiary/aromatic N) is 2. The van der Waals surface area contributed by atoms with Crippen molar-refractivity contribution in [1.82, 2.24) is 9.55 Å². The first-order valence-electron chi connectivity index (χ1n) is 5.91. The molecule has 0 bridgehead atoms. The van der Waals surface area contributed by atoms with E-state index in [0.717, 1.165) is 38.7 Å². The number of ether oxygens (including phenoxy) is 2. The zero-order valence-corrected chi connectivity index (χ0v) is 13.3. The Bertz CT molecular complexity index is 620. The van der Waals surface area contributed by atoms with Gasteiger partial charge in [0.15, 0.2) is 0 Å². The van der Waals surface area contributed by atoms with E-state index < -0.39 is 0 Å². The first-order valence-corrected chi connectivity index (χ1v) is 6.70. The van der Waals surface area contributed by atoms with Gasteiger partial charge < -0.3 is 14.0 Å². The number of imidazole rings is 1. The summed E-state index contributed by atoms with van der Waals surface area (Å²) in [6.07, 6.45) is 0. The standard InChI is InChI=1S/C14H17BrN2O2/c1-8-6-10(18-4)7-11(19-5)12(8)13-14(15)17(3)9(2)16-13/h6-7H,1-5H3. The predicted molar refractivity (Wildman–Crippen MR) is 78.9 cm³/mol. The maximum absolute atomic E-state index is 5.48. The smallest absolute Gasteiger partial charge is 0.132 e. The topological polar surface area (TPSA) is 36.3 Å².